The second-order valence-electron chi connectivity index (χ2n) is 6.86. The molecule has 2 N–H and O–H groups in total. The number of para-hydroxylation sites is 1. The van der Waals surface area contributed by atoms with E-state index in [0.29, 0.717) is 0 Å². The molecule has 1 aromatic rings. The van der Waals surface area contributed by atoms with Crippen molar-refractivity contribution >= 4 is 41.7 Å². The number of benzene rings is 1. The zero-order valence-electron chi connectivity index (χ0n) is 16.3. The van der Waals surface area contributed by atoms with Crippen LogP contribution >= 0.6 is 35.7 Å². The van der Waals surface area contributed by atoms with Crippen LogP contribution in [-0.2, 0) is 11.2 Å². The SMILES string of the molecule is CCNC(=NCC1(SCC)CCOCC1)NCC1Cc2ccccc2O1.I. The number of fused-ring (bicyclic) bond motifs is 1. The number of ether oxygens (including phenoxy) is 2. The van der Waals surface area contributed by atoms with Crippen LogP contribution in [-0.4, -0.2) is 55.4 Å². The van der Waals surface area contributed by atoms with E-state index in [1.165, 1.54) is 5.56 Å². The quantitative estimate of drug-likeness (QED) is 0.338. The zero-order valence-corrected chi connectivity index (χ0v) is 19.5. The first-order valence-corrected chi connectivity index (χ1v) is 10.7. The van der Waals surface area contributed by atoms with Crippen LogP contribution in [0.3, 0.4) is 0 Å². The topological polar surface area (TPSA) is 54.9 Å². The van der Waals surface area contributed by atoms with Gasteiger partial charge in [-0.3, -0.25) is 4.99 Å². The zero-order chi connectivity index (χ0) is 18.2. The molecular weight excluding hydrogens is 473 g/mol. The van der Waals surface area contributed by atoms with Crippen molar-refractivity contribution < 1.29 is 9.47 Å². The van der Waals surface area contributed by atoms with Gasteiger partial charge >= 0.3 is 0 Å². The Balaban J connectivity index is 0.00000261. The summed E-state index contributed by atoms with van der Waals surface area (Å²) in [5, 5.41) is 6.84. The van der Waals surface area contributed by atoms with Gasteiger partial charge in [-0.05, 0) is 37.1 Å². The van der Waals surface area contributed by atoms with Gasteiger partial charge in [0.25, 0.3) is 0 Å². The maximum absolute atomic E-state index is 6.02. The fraction of sp³-hybridized carbons (Fsp3) is 0.650. The number of rotatable bonds is 7. The Morgan fingerprint density at radius 2 is 2.00 bits per heavy atom. The molecule has 2 aliphatic heterocycles. The third-order valence-electron chi connectivity index (χ3n) is 4.94. The van der Waals surface area contributed by atoms with Gasteiger partial charge < -0.3 is 20.1 Å². The lowest BCUT2D eigenvalue weighted by Gasteiger charge is -2.35. The number of nitrogens with one attached hydrogen (secondary N) is 2. The lowest BCUT2D eigenvalue weighted by Crippen LogP contribution is -2.44. The van der Waals surface area contributed by atoms with Crippen molar-refractivity contribution in [1.82, 2.24) is 10.6 Å². The second kappa shape index (κ2) is 11.4. The standard InChI is InChI=1S/C20H31N3O2S.HI/c1-3-21-19(23-15-20(26-4-2)9-11-24-12-10-20)22-14-17-13-16-7-5-6-8-18(16)25-17;/h5-8,17H,3-4,9-15H2,1-2H3,(H2,21,22,23);1H. The average molecular weight is 505 g/mol. The fourth-order valence-electron chi connectivity index (χ4n) is 3.54. The van der Waals surface area contributed by atoms with Crippen LogP contribution in [0.15, 0.2) is 29.3 Å². The first-order chi connectivity index (χ1) is 12.7. The Kier molecular flexibility index (Phi) is 9.52. The lowest BCUT2D eigenvalue weighted by atomic mass is 9.99. The smallest absolute Gasteiger partial charge is 0.191 e. The maximum atomic E-state index is 6.02. The summed E-state index contributed by atoms with van der Waals surface area (Å²) in [6, 6.07) is 8.29. The number of hydrogen-bond donors (Lipinski definition) is 2. The number of nitrogens with zero attached hydrogens (tertiary/aromatic N) is 1. The second-order valence-corrected chi connectivity index (χ2v) is 8.59. The van der Waals surface area contributed by atoms with Gasteiger partial charge in [-0.2, -0.15) is 11.8 Å². The summed E-state index contributed by atoms with van der Waals surface area (Å²) in [5.41, 5.74) is 1.29. The van der Waals surface area contributed by atoms with Crippen LogP contribution in [0.5, 0.6) is 5.75 Å². The third kappa shape index (κ3) is 6.42. The average Bonchev–Trinajstić information content (AvgIpc) is 3.08. The van der Waals surface area contributed by atoms with Gasteiger partial charge in [-0.25, -0.2) is 0 Å². The number of guanidine groups is 1. The third-order valence-corrected chi connectivity index (χ3v) is 6.37. The fourth-order valence-corrected chi connectivity index (χ4v) is 4.76. The predicted molar refractivity (Wildman–Crippen MR) is 125 cm³/mol. The molecule has 0 saturated carbocycles. The monoisotopic (exact) mass is 505 g/mol. The minimum absolute atomic E-state index is 0. The van der Waals surface area contributed by atoms with E-state index < -0.39 is 0 Å². The summed E-state index contributed by atoms with van der Waals surface area (Å²) in [7, 11) is 0. The minimum atomic E-state index is 0. The molecule has 152 valence electrons. The molecule has 2 aliphatic rings. The summed E-state index contributed by atoms with van der Waals surface area (Å²) < 4.78 is 11.8. The molecule has 7 heteroatoms. The van der Waals surface area contributed by atoms with Crippen molar-refractivity contribution in [2.24, 2.45) is 4.99 Å². The van der Waals surface area contributed by atoms with Crippen molar-refractivity contribution in [2.45, 2.75) is 44.0 Å². The summed E-state index contributed by atoms with van der Waals surface area (Å²) in [6.45, 7) is 8.47. The van der Waals surface area contributed by atoms with Gasteiger partial charge in [0.1, 0.15) is 11.9 Å². The van der Waals surface area contributed by atoms with Gasteiger partial charge in [0.15, 0.2) is 5.96 Å². The Hall–Kier alpha value is -0.670. The van der Waals surface area contributed by atoms with Crippen LogP contribution in [0, 0.1) is 0 Å². The van der Waals surface area contributed by atoms with E-state index in [9.17, 15) is 0 Å². The molecule has 1 aromatic carbocycles. The summed E-state index contributed by atoms with van der Waals surface area (Å²) >= 11 is 2.03. The van der Waals surface area contributed by atoms with E-state index in [1.54, 1.807) is 0 Å². The number of aliphatic imine (C=N–C) groups is 1. The minimum Gasteiger partial charge on any atom is -0.488 e. The molecular formula is C20H32IN3O2S. The molecule has 1 atom stereocenters. The van der Waals surface area contributed by atoms with Gasteiger partial charge in [0.05, 0.1) is 13.1 Å². The summed E-state index contributed by atoms with van der Waals surface area (Å²) in [4.78, 5) is 4.90. The Labute approximate surface area is 184 Å². The Morgan fingerprint density at radius 1 is 1.22 bits per heavy atom. The molecule has 0 aromatic heterocycles. The molecule has 2 heterocycles. The highest BCUT2D eigenvalue weighted by Crippen LogP contribution is 2.35. The molecule has 3 rings (SSSR count). The van der Waals surface area contributed by atoms with Crippen molar-refractivity contribution in [1.29, 1.82) is 0 Å². The van der Waals surface area contributed by atoms with Gasteiger partial charge in [0.2, 0.25) is 0 Å². The van der Waals surface area contributed by atoms with Gasteiger partial charge in [0, 0.05) is 30.9 Å². The van der Waals surface area contributed by atoms with E-state index in [2.05, 4.69) is 36.6 Å². The largest absolute Gasteiger partial charge is 0.488 e. The summed E-state index contributed by atoms with van der Waals surface area (Å²) in [6.07, 6.45) is 3.28. The van der Waals surface area contributed by atoms with Crippen molar-refractivity contribution in [2.75, 3.05) is 38.6 Å². The van der Waals surface area contributed by atoms with E-state index in [4.69, 9.17) is 14.5 Å². The normalized spacial score (nSPS) is 21.0. The van der Waals surface area contributed by atoms with E-state index in [0.717, 1.165) is 69.6 Å². The van der Waals surface area contributed by atoms with Crippen LogP contribution in [0.4, 0.5) is 0 Å². The molecule has 1 unspecified atom stereocenters. The molecule has 27 heavy (non-hydrogen) atoms. The lowest BCUT2D eigenvalue weighted by molar-refractivity contribution is 0.0793. The van der Waals surface area contributed by atoms with Crippen LogP contribution in [0.25, 0.3) is 0 Å². The number of thioether (sulfide) groups is 1. The molecule has 1 fully saturated rings. The molecule has 0 amide bonds. The molecule has 0 spiro atoms. The van der Waals surface area contributed by atoms with Crippen LogP contribution < -0.4 is 15.4 Å². The Morgan fingerprint density at radius 3 is 2.70 bits per heavy atom. The number of hydrogen-bond acceptors (Lipinski definition) is 4. The van der Waals surface area contributed by atoms with Crippen molar-refractivity contribution in [3.05, 3.63) is 29.8 Å². The van der Waals surface area contributed by atoms with Crippen molar-refractivity contribution in [3.63, 3.8) is 0 Å². The van der Waals surface area contributed by atoms with E-state index in [1.807, 2.05) is 23.9 Å². The highest BCUT2D eigenvalue weighted by molar-refractivity contribution is 14.0. The van der Waals surface area contributed by atoms with Crippen LogP contribution in [0.2, 0.25) is 0 Å². The van der Waals surface area contributed by atoms with Crippen LogP contribution in [0.1, 0.15) is 32.3 Å². The molecule has 5 nitrogen and oxygen atoms in total. The predicted octanol–water partition coefficient (Wildman–Crippen LogP) is 3.47. The van der Waals surface area contributed by atoms with E-state index >= 15 is 0 Å². The van der Waals surface area contributed by atoms with Gasteiger partial charge in [-0.1, -0.05) is 25.1 Å². The van der Waals surface area contributed by atoms with Crippen molar-refractivity contribution in [3.8, 4) is 5.75 Å². The van der Waals surface area contributed by atoms with Gasteiger partial charge in [-0.15, -0.1) is 24.0 Å². The highest BCUT2D eigenvalue weighted by Gasteiger charge is 2.32. The first-order valence-electron chi connectivity index (χ1n) is 9.73. The Bertz CT molecular complexity index is 578. The first kappa shape index (κ1) is 22.6. The molecule has 0 bridgehead atoms. The summed E-state index contributed by atoms with van der Waals surface area (Å²) in [5.74, 6) is 3.02. The molecule has 1 saturated heterocycles. The molecule has 0 radical (unpaired) electrons. The number of halogens is 1. The molecule has 0 aliphatic carbocycles. The van der Waals surface area contributed by atoms with E-state index in [-0.39, 0.29) is 34.8 Å². The maximum Gasteiger partial charge on any atom is 0.191 e. The highest BCUT2D eigenvalue weighted by atomic mass is 127.